The predicted molar refractivity (Wildman–Crippen MR) is 130 cm³/mol. The number of nitriles is 1. The Balaban J connectivity index is 1.92. The molecule has 0 spiro atoms. The van der Waals surface area contributed by atoms with Crippen molar-refractivity contribution < 1.29 is 4.74 Å². The summed E-state index contributed by atoms with van der Waals surface area (Å²) < 4.78 is 10.3. The first-order chi connectivity index (χ1) is 14.7. The highest BCUT2D eigenvalue weighted by atomic mass is 35.5. The van der Waals surface area contributed by atoms with Gasteiger partial charge in [-0.05, 0) is 56.7 Å². The number of aryl methyl sites for hydroxylation is 1. The van der Waals surface area contributed by atoms with E-state index in [1.807, 2.05) is 18.9 Å². The number of ether oxygens (including phenoxy) is 1. The molecule has 0 aliphatic rings. The van der Waals surface area contributed by atoms with Crippen LogP contribution >= 0.6 is 46.3 Å². The lowest BCUT2D eigenvalue weighted by atomic mass is 10.1. The third-order valence-corrected chi connectivity index (χ3v) is 6.18. The number of rotatable bonds is 6. The second-order valence-corrected chi connectivity index (χ2v) is 9.09. The van der Waals surface area contributed by atoms with E-state index >= 15 is 0 Å². The average molecular weight is 494 g/mol. The standard InChI is InChI=1S/C22H19Cl3N4OS/c1-12(2)29(4)11-27-19-9-18(25)20(7-13(19)3)30-22-16(10-26)21(28-31-22)15-6-5-14(23)8-17(15)24/h5-9,11-12H,1-4H3. The molecule has 3 rings (SSSR count). The zero-order valence-corrected chi connectivity index (χ0v) is 20.4. The molecule has 0 atom stereocenters. The first-order valence-electron chi connectivity index (χ1n) is 9.30. The lowest BCUT2D eigenvalue weighted by Crippen LogP contribution is -2.24. The number of hydrogen-bond donors (Lipinski definition) is 0. The Bertz CT molecular complexity index is 1180. The summed E-state index contributed by atoms with van der Waals surface area (Å²) >= 11 is 19.8. The summed E-state index contributed by atoms with van der Waals surface area (Å²) in [7, 11) is 1.96. The van der Waals surface area contributed by atoms with E-state index in [4.69, 9.17) is 39.5 Å². The van der Waals surface area contributed by atoms with Crippen LogP contribution in [0.1, 0.15) is 25.0 Å². The molecule has 3 aromatic rings. The Hall–Kier alpha value is -2.30. The van der Waals surface area contributed by atoms with Gasteiger partial charge in [0.25, 0.3) is 0 Å². The van der Waals surface area contributed by atoms with Gasteiger partial charge in [0, 0.05) is 35.2 Å². The lowest BCUT2D eigenvalue weighted by molar-refractivity contribution is 0.429. The minimum Gasteiger partial charge on any atom is -0.442 e. The topological polar surface area (TPSA) is 61.5 Å². The van der Waals surface area contributed by atoms with Crippen molar-refractivity contribution in [2.75, 3.05) is 7.05 Å². The molecule has 5 nitrogen and oxygen atoms in total. The fourth-order valence-electron chi connectivity index (χ4n) is 2.56. The summed E-state index contributed by atoms with van der Waals surface area (Å²) in [6, 6.07) is 11.0. The third kappa shape index (κ3) is 5.31. The number of halogens is 3. The molecule has 0 amide bonds. The molecule has 0 bridgehead atoms. The molecule has 0 aliphatic carbocycles. The number of aliphatic imine (C=N–C) groups is 1. The molecule has 0 aliphatic heterocycles. The van der Waals surface area contributed by atoms with Crippen molar-refractivity contribution in [3.8, 4) is 28.1 Å². The molecule has 0 N–H and O–H groups in total. The van der Waals surface area contributed by atoms with E-state index < -0.39 is 0 Å². The van der Waals surface area contributed by atoms with Crippen LogP contribution in [0.25, 0.3) is 11.3 Å². The van der Waals surface area contributed by atoms with Crippen molar-refractivity contribution in [1.82, 2.24) is 9.27 Å². The van der Waals surface area contributed by atoms with Crippen LogP contribution in [0.3, 0.4) is 0 Å². The van der Waals surface area contributed by atoms with Crippen molar-refractivity contribution in [2.45, 2.75) is 26.8 Å². The van der Waals surface area contributed by atoms with Gasteiger partial charge in [-0.3, -0.25) is 0 Å². The first kappa shape index (κ1) is 23.4. The smallest absolute Gasteiger partial charge is 0.218 e. The second-order valence-electron chi connectivity index (χ2n) is 7.10. The molecule has 2 aromatic carbocycles. The van der Waals surface area contributed by atoms with Crippen LogP contribution in [-0.4, -0.2) is 28.7 Å². The number of aromatic nitrogens is 1. The second kappa shape index (κ2) is 9.88. The Kier molecular flexibility index (Phi) is 7.45. The zero-order chi connectivity index (χ0) is 22.7. The first-order valence-corrected chi connectivity index (χ1v) is 11.2. The molecule has 0 radical (unpaired) electrons. The van der Waals surface area contributed by atoms with Gasteiger partial charge in [0.15, 0.2) is 0 Å². The molecular formula is C22H19Cl3N4OS. The van der Waals surface area contributed by atoms with Gasteiger partial charge in [-0.25, -0.2) is 4.99 Å². The fraction of sp³-hybridized carbons (Fsp3) is 0.227. The molecule has 0 fully saturated rings. The van der Waals surface area contributed by atoms with Gasteiger partial charge in [0.2, 0.25) is 5.06 Å². The van der Waals surface area contributed by atoms with E-state index in [-0.39, 0.29) is 5.56 Å². The van der Waals surface area contributed by atoms with E-state index in [0.717, 1.165) is 22.8 Å². The van der Waals surface area contributed by atoms with Gasteiger partial charge in [-0.2, -0.15) is 9.64 Å². The molecule has 9 heteroatoms. The van der Waals surface area contributed by atoms with E-state index in [9.17, 15) is 5.26 Å². The van der Waals surface area contributed by atoms with Gasteiger partial charge in [-0.1, -0.05) is 34.8 Å². The normalized spacial score (nSPS) is 11.2. The predicted octanol–water partition coefficient (Wildman–Crippen LogP) is 7.74. The largest absolute Gasteiger partial charge is 0.442 e. The van der Waals surface area contributed by atoms with Gasteiger partial charge in [0.1, 0.15) is 23.1 Å². The van der Waals surface area contributed by atoms with Crippen LogP contribution in [0.15, 0.2) is 35.3 Å². The Labute approximate surface area is 200 Å². The maximum atomic E-state index is 9.72. The van der Waals surface area contributed by atoms with Crippen molar-refractivity contribution in [1.29, 1.82) is 5.26 Å². The molecule has 160 valence electrons. The van der Waals surface area contributed by atoms with Gasteiger partial charge >= 0.3 is 0 Å². The van der Waals surface area contributed by atoms with E-state index in [2.05, 4.69) is 29.3 Å². The maximum absolute atomic E-state index is 9.72. The van der Waals surface area contributed by atoms with Crippen LogP contribution in [0.5, 0.6) is 10.8 Å². The van der Waals surface area contributed by atoms with Gasteiger partial charge in [0.05, 0.1) is 22.1 Å². The molecule has 1 heterocycles. The summed E-state index contributed by atoms with van der Waals surface area (Å²) in [6.07, 6.45) is 1.77. The molecule has 0 unspecified atom stereocenters. The van der Waals surface area contributed by atoms with Crippen LogP contribution in [-0.2, 0) is 0 Å². The Morgan fingerprint density at radius 1 is 1.19 bits per heavy atom. The summed E-state index contributed by atoms with van der Waals surface area (Å²) in [6.45, 7) is 6.08. The zero-order valence-electron chi connectivity index (χ0n) is 17.3. The molecule has 0 saturated heterocycles. The third-order valence-electron chi connectivity index (χ3n) is 4.61. The lowest BCUT2D eigenvalue weighted by Gasteiger charge is -2.17. The summed E-state index contributed by atoms with van der Waals surface area (Å²) in [5.41, 5.74) is 2.95. The SMILES string of the molecule is Cc1cc(Oc2snc(-c3ccc(Cl)cc3Cl)c2C#N)c(Cl)cc1N=CN(C)C(C)C. The monoisotopic (exact) mass is 492 g/mol. The van der Waals surface area contributed by atoms with Crippen LogP contribution in [0, 0.1) is 18.3 Å². The molecule has 31 heavy (non-hydrogen) atoms. The average Bonchev–Trinajstić information content (AvgIpc) is 3.11. The number of hydrogen-bond acceptors (Lipinski definition) is 5. The minimum atomic E-state index is 0.281. The van der Waals surface area contributed by atoms with Gasteiger partial charge < -0.3 is 9.64 Å². The molecule has 0 saturated carbocycles. The van der Waals surface area contributed by atoms with E-state index in [1.165, 1.54) is 0 Å². The molecule has 1 aromatic heterocycles. The Morgan fingerprint density at radius 2 is 1.94 bits per heavy atom. The quantitative estimate of drug-likeness (QED) is 0.260. The van der Waals surface area contributed by atoms with Crippen molar-refractivity contribution >= 4 is 58.4 Å². The van der Waals surface area contributed by atoms with Gasteiger partial charge in [-0.15, -0.1) is 0 Å². The van der Waals surface area contributed by atoms with Crippen LogP contribution in [0.2, 0.25) is 15.1 Å². The minimum absolute atomic E-state index is 0.281. The van der Waals surface area contributed by atoms with E-state index in [0.29, 0.717) is 43.2 Å². The van der Waals surface area contributed by atoms with Crippen LogP contribution in [0.4, 0.5) is 5.69 Å². The molecular weight excluding hydrogens is 475 g/mol. The Morgan fingerprint density at radius 3 is 2.58 bits per heavy atom. The van der Waals surface area contributed by atoms with Crippen molar-refractivity contribution in [2.24, 2.45) is 4.99 Å². The summed E-state index contributed by atoms with van der Waals surface area (Å²) in [5.74, 6) is 0.421. The maximum Gasteiger partial charge on any atom is 0.218 e. The highest BCUT2D eigenvalue weighted by Crippen LogP contribution is 2.42. The van der Waals surface area contributed by atoms with Crippen molar-refractivity contribution in [3.63, 3.8) is 0 Å². The fourth-order valence-corrected chi connectivity index (χ4v) is 3.98. The van der Waals surface area contributed by atoms with E-state index in [1.54, 1.807) is 36.7 Å². The summed E-state index contributed by atoms with van der Waals surface area (Å²) in [5, 5.41) is 11.3. The van der Waals surface area contributed by atoms with Crippen LogP contribution < -0.4 is 4.74 Å². The number of benzene rings is 2. The highest BCUT2D eigenvalue weighted by molar-refractivity contribution is 7.08. The summed E-state index contributed by atoms with van der Waals surface area (Å²) in [4.78, 5) is 6.50. The van der Waals surface area contributed by atoms with Crippen molar-refractivity contribution in [3.05, 3.63) is 56.5 Å². The number of nitrogens with zero attached hydrogens (tertiary/aromatic N) is 4. The highest BCUT2D eigenvalue weighted by Gasteiger charge is 2.20.